The van der Waals surface area contributed by atoms with E-state index in [0.29, 0.717) is 0 Å². The summed E-state index contributed by atoms with van der Waals surface area (Å²) in [6, 6.07) is 3.93. The average molecular weight is 262 g/mol. The van der Waals surface area contributed by atoms with Gasteiger partial charge in [0.05, 0.1) is 10.6 Å². The lowest BCUT2D eigenvalue weighted by atomic mass is 10.1. The highest BCUT2D eigenvalue weighted by Crippen LogP contribution is 2.17. The van der Waals surface area contributed by atoms with E-state index in [1.54, 1.807) is 0 Å². The van der Waals surface area contributed by atoms with E-state index < -0.39 is 33.0 Å². The Balaban J connectivity index is 3.05. The van der Waals surface area contributed by atoms with Crippen LogP contribution < -0.4 is 0 Å². The molecule has 0 amide bonds. The molecule has 0 aromatic heterocycles. The third-order valence-electron chi connectivity index (χ3n) is 2.10. The molecule has 0 aliphatic rings. The Labute approximate surface area is 97.4 Å². The molecule has 0 radical (unpaired) electrons. The summed E-state index contributed by atoms with van der Waals surface area (Å²) >= 11 is 0. The van der Waals surface area contributed by atoms with E-state index >= 15 is 0 Å². The van der Waals surface area contributed by atoms with Gasteiger partial charge in [-0.1, -0.05) is 0 Å². The Morgan fingerprint density at radius 2 is 1.82 bits per heavy atom. The van der Waals surface area contributed by atoms with Crippen molar-refractivity contribution in [1.82, 2.24) is 0 Å². The maximum absolute atomic E-state index is 12.6. The molecule has 0 bridgehead atoms. The van der Waals surface area contributed by atoms with Crippen LogP contribution in [-0.4, -0.2) is 36.0 Å². The van der Waals surface area contributed by atoms with Gasteiger partial charge in [0, 0.05) is 0 Å². The number of carbonyl (C=O) groups is 1. The summed E-state index contributed by atoms with van der Waals surface area (Å²) < 4.78 is 36.0. The molecule has 0 saturated heterocycles. The molecule has 0 saturated carbocycles. The number of aliphatic carboxylic acids is 1. The van der Waals surface area contributed by atoms with Gasteiger partial charge in [-0.25, -0.2) is 17.6 Å². The van der Waals surface area contributed by atoms with Crippen LogP contribution in [0.1, 0.15) is 6.92 Å². The molecule has 0 unspecified atom stereocenters. The van der Waals surface area contributed by atoms with E-state index in [2.05, 4.69) is 0 Å². The van der Waals surface area contributed by atoms with Gasteiger partial charge in [-0.15, -0.1) is 0 Å². The van der Waals surface area contributed by atoms with E-state index in [9.17, 15) is 22.7 Å². The molecular formula is C10H11FO5S. The van der Waals surface area contributed by atoms with Crippen LogP contribution in [-0.2, 0) is 14.6 Å². The normalized spacial score (nSPS) is 15.2. The van der Waals surface area contributed by atoms with Gasteiger partial charge in [0.15, 0.2) is 15.4 Å². The Bertz CT molecular complexity index is 518. The van der Waals surface area contributed by atoms with Crippen molar-refractivity contribution in [3.8, 4) is 0 Å². The van der Waals surface area contributed by atoms with Crippen LogP contribution >= 0.6 is 0 Å². The number of rotatable bonds is 4. The molecule has 2 N–H and O–H groups in total. The van der Waals surface area contributed by atoms with E-state index in [1.807, 2.05) is 0 Å². The topological polar surface area (TPSA) is 91.7 Å². The summed E-state index contributed by atoms with van der Waals surface area (Å²) in [5.74, 6) is -3.21. The number of sulfone groups is 1. The number of benzene rings is 1. The van der Waals surface area contributed by atoms with Crippen molar-refractivity contribution in [1.29, 1.82) is 0 Å². The monoisotopic (exact) mass is 262 g/mol. The number of hydrogen-bond acceptors (Lipinski definition) is 4. The van der Waals surface area contributed by atoms with Gasteiger partial charge >= 0.3 is 5.97 Å². The molecule has 7 heteroatoms. The second-order valence-electron chi connectivity index (χ2n) is 3.79. The fraction of sp³-hybridized carbons (Fsp3) is 0.300. The predicted molar refractivity (Wildman–Crippen MR) is 56.7 cm³/mol. The van der Waals surface area contributed by atoms with Gasteiger partial charge in [0.1, 0.15) is 5.82 Å². The molecule has 0 aliphatic heterocycles. The third kappa shape index (κ3) is 3.24. The first kappa shape index (κ1) is 13.6. The third-order valence-corrected chi connectivity index (χ3v) is 4.04. The van der Waals surface area contributed by atoms with Crippen LogP contribution in [0.25, 0.3) is 0 Å². The maximum Gasteiger partial charge on any atom is 0.336 e. The first-order valence-corrected chi connectivity index (χ1v) is 6.24. The van der Waals surface area contributed by atoms with Crippen LogP contribution in [0.5, 0.6) is 0 Å². The SMILES string of the molecule is C[C@](O)(CS(=O)(=O)c1ccc(F)cc1)C(=O)O. The summed E-state index contributed by atoms with van der Waals surface area (Å²) in [5, 5.41) is 18.0. The van der Waals surface area contributed by atoms with Crippen LogP contribution in [0, 0.1) is 5.82 Å². The summed E-state index contributed by atoms with van der Waals surface area (Å²) in [6.07, 6.45) is 0. The highest BCUT2D eigenvalue weighted by molar-refractivity contribution is 7.91. The number of aliphatic hydroxyl groups is 1. The molecule has 1 aromatic carbocycles. The van der Waals surface area contributed by atoms with Crippen molar-refractivity contribution in [2.45, 2.75) is 17.4 Å². The van der Waals surface area contributed by atoms with E-state index in [4.69, 9.17) is 5.11 Å². The zero-order valence-corrected chi connectivity index (χ0v) is 9.74. The van der Waals surface area contributed by atoms with Crippen LogP contribution in [0.4, 0.5) is 4.39 Å². The molecule has 0 heterocycles. The zero-order chi connectivity index (χ0) is 13.3. The first-order chi connectivity index (χ1) is 7.65. The lowest BCUT2D eigenvalue weighted by Gasteiger charge is -2.17. The van der Waals surface area contributed by atoms with Crippen molar-refractivity contribution >= 4 is 15.8 Å². The van der Waals surface area contributed by atoms with Gasteiger partial charge in [0.25, 0.3) is 0 Å². The summed E-state index contributed by atoms with van der Waals surface area (Å²) in [4.78, 5) is 10.4. The average Bonchev–Trinajstić information content (AvgIpc) is 2.16. The lowest BCUT2D eigenvalue weighted by molar-refractivity contribution is -0.154. The van der Waals surface area contributed by atoms with Gasteiger partial charge in [-0.2, -0.15) is 0 Å². The summed E-state index contributed by atoms with van der Waals surface area (Å²) in [5.41, 5.74) is -2.38. The molecule has 1 rings (SSSR count). The van der Waals surface area contributed by atoms with Gasteiger partial charge in [0.2, 0.25) is 0 Å². The van der Waals surface area contributed by atoms with Crippen LogP contribution in [0.15, 0.2) is 29.2 Å². The van der Waals surface area contributed by atoms with E-state index in [1.165, 1.54) is 0 Å². The highest BCUT2D eigenvalue weighted by atomic mass is 32.2. The number of hydrogen-bond donors (Lipinski definition) is 2. The second kappa shape index (κ2) is 4.42. The van der Waals surface area contributed by atoms with Gasteiger partial charge < -0.3 is 10.2 Å². The minimum Gasteiger partial charge on any atom is -0.479 e. The molecular weight excluding hydrogens is 251 g/mol. The molecule has 0 aliphatic carbocycles. The summed E-state index contributed by atoms with van der Waals surface area (Å²) in [7, 11) is -3.98. The first-order valence-electron chi connectivity index (χ1n) is 4.59. The fourth-order valence-corrected chi connectivity index (χ4v) is 2.74. The van der Waals surface area contributed by atoms with Crippen molar-refractivity contribution in [3.63, 3.8) is 0 Å². The molecule has 94 valence electrons. The Kier molecular flexibility index (Phi) is 3.53. The van der Waals surface area contributed by atoms with Crippen molar-refractivity contribution < 1.29 is 27.8 Å². The molecule has 1 aromatic rings. The zero-order valence-electron chi connectivity index (χ0n) is 8.92. The predicted octanol–water partition coefficient (Wildman–Crippen LogP) is 0.435. The van der Waals surface area contributed by atoms with Gasteiger partial charge in [-0.3, -0.25) is 0 Å². The second-order valence-corrected chi connectivity index (χ2v) is 5.78. The van der Waals surface area contributed by atoms with Crippen molar-refractivity contribution in [2.75, 3.05) is 5.75 Å². The standard InChI is InChI=1S/C10H11FO5S/c1-10(14,9(12)13)6-17(15,16)8-4-2-7(11)3-5-8/h2-5,14H,6H2,1H3,(H,12,13)/t10-/m0/s1. The van der Waals surface area contributed by atoms with Crippen molar-refractivity contribution in [3.05, 3.63) is 30.1 Å². The largest absolute Gasteiger partial charge is 0.479 e. The van der Waals surface area contributed by atoms with Crippen LogP contribution in [0.2, 0.25) is 0 Å². The Hall–Kier alpha value is -1.47. The maximum atomic E-state index is 12.6. The molecule has 0 fully saturated rings. The Morgan fingerprint density at radius 3 is 2.24 bits per heavy atom. The fourth-order valence-electron chi connectivity index (χ4n) is 1.16. The van der Waals surface area contributed by atoms with Crippen molar-refractivity contribution in [2.24, 2.45) is 0 Å². The van der Waals surface area contributed by atoms with Gasteiger partial charge in [-0.05, 0) is 31.2 Å². The smallest absolute Gasteiger partial charge is 0.336 e. The molecule has 1 atom stereocenters. The summed E-state index contributed by atoms with van der Waals surface area (Å²) in [6.45, 7) is 0.885. The molecule has 17 heavy (non-hydrogen) atoms. The van der Waals surface area contributed by atoms with E-state index in [-0.39, 0.29) is 4.90 Å². The van der Waals surface area contributed by atoms with Crippen LogP contribution in [0.3, 0.4) is 0 Å². The number of halogens is 1. The molecule has 0 spiro atoms. The Morgan fingerprint density at radius 1 is 1.35 bits per heavy atom. The molecule has 5 nitrogen and oxygen atoms in total. The quantitative estimate of drug-likeness (QED) is 0.768. The highest BCUT2D eigenvalue weighted by Gasteiger charge is 2.36. The lowest BCUT2D eigenvalue weighted by Crippen LogP contribution is -2.41. The minimum atomic E-state index is -3.98. The minimum absolute atomic E-state index is 0.236. The number of carboxylic acids is 1. The number of carboxylic acid groups (broad SMARTS) is 1. The van der Waals surface area contributed by atoms with E-state index in [0.717, 1.165) is 31.2 Å².